The summed E-state index contributed by atoms with van der Waals surface area (Å²) in [6, 6.07) is 0. The molecule has 4 heteroatoms. The van der Waals surface area contributed by atoms with Crippen LogP contribution in [0.1, 0.15) is 213 Å². The van der Waals surface area contributed by atoms with Crippen molar-refractivity contribution < 1.29 is 9.59 Å². The molecule has 3 N–H and O–H groups in total. The van der Waals surface area contributed by atoms with E-state index in [1.807, 2.05) is 0 Å². The average molecular weight is 593 g/mol. The van der Waals surface area contributed by atoms with Gasteiger partial charge in [-0.1, -0.05) is 168 Å². The highest BCUT2D eigenvalue weighted by Crippen LogP contribution is 2.12. The van der Waals surface area contributed by atoms with Gasteiger partial charge >= 0.3 is 0 Å². The Balaban J connectivity index is 0. The molecule has 0 aliphatic heterocycles. The van der Waals surface area contributed by atoms with Crippen LogP contribution in [0.15, 0.2) is 12.2 Å². The van der Waals surface area contributed by atoms with Gasteiger partial charge in [-0.25, -0.2) is 0 Å². The van der Waals surface area contributed by atoms with Crippen LogP contribution < -0.4 is 11.1 Å². The van der Waals surface area contributed by atoms with Crippen LogP contribution >= 0.6 is 0 Å². The lowest BCUT2D eigenvalue weighted by molar-refractivity contribution is -0.121. The first-order chi connectivity index (χ1) is 20.6. The molecule has 0 atom stereocenters. The molecule has 0 unspecified atom stereocenters. The molecule has 0 radical (unpaired) electrons. The van der Waals surface area contributed by atoms with E-state index in [-0.39, 0.29) is 11.8 Å². The number of rotatable bonds is 32. The quantitative estimate of drug-likeness (QED) is 0.0602. The molecule has 0 saturated carbocycles. The van der Waals surface area contributed by atoms with Gasteiger partial charge in [-0.2, -0.15) is 0 Å². The Hall–Kier alpha value is -1.32. The molecule has 2 amide bonds. The highest BCUT2D eigenvalue weighted by atomic mass is 16.1. The zero-order valence-corrected chi connectivity index (χ0v) is 29.0. The molecule has 0 saturated heterocycles. The third-order valence-corrected chi connectivity index (χ3v) is 8.04. The lowest BCUT2D eigenvalue weighted by Crippen LogP contribution is -2.23. The molecule has 0 aliphatic carbocycles. The molecule has 0 rings (SSSR count). The minimum Gasteiger partial charge on any atom is -0.370 e. The van der Waals surface area contributed by atoms with Crippen molar-refractivity contribution >= 4 is 11.8 Å². The monoisotopic (exact) mass is 593 g/mol. The molecular formula is C38H76N2O2. The molecule has 0 spiro atoms. The van der Waals surface area contributed by atoms with E-state index >= 15 is 0 Å². The number of unbranched alkanes of at least 4 members (excludes halogenated alkanes) is 24. The van der Waals surface area contributed by atoms with Crippen LogP contribution in [0.4, 0.5) is 0 Å². The Morgan fingerprint density at radius 2 is 0.786 bits per heavy atom. The molecule has 250 valence electrons. The Morgan fingerprint density at radius 3 is 1.19 bits per heavy atom. The van der Waals surface area contributed by atoms with Gasteiger partial charge in [0.05, 0.1) is 0 Å². The van der Waals surface area contributed by atoms with Crippen LogP contribution in [0.5, 0.6) is 0 Å². The van der Waals surface area contributed by atoms with Gasteiger partial charge < -0.3 is 11.1 Å². The highest BCUT2D eigenvalue weighted by molar-refractivity contribution is 5.75. The molecule has 42 heavy (non-hydrogen) atoms. The molecule has 0 aliphatic rings. The second-order valence-corrected chi connectivity index (χ2v) is 12.5. The topological polar surface area (TPSA) is 72.2 Å². The van der Waals surface area contributed by atoms with Crippen LogP contribution in [0, 0.1) is 0 Å². The summed E-state index contributed by atoms with van der Waals surface area (Å²) < 4.78 is 0. The number of hydrogen-bond acceptors (Lipinski definition) is 2. The Kier molecular flexibility index (Phi) is 40.4. The molecular weight excluding hydrogens is 516 g/mol. The smallest absolute Gasteiger partial charge is 0.219 e. The fraction of sp³-hybridized carbons (Fsp3) is 0.895. The van der Waals surface area contributed by atoms with Crippen molar-refractivity contribution in [1.82, 2.24) is 5.32 Å². The molecule has 0 bridgehead atoms. The molecule has 0 heterocycles. The number of carbonyl (C=O) groups is 2. The summed E-state index contributed by atoms with van der Waals surface area (Å²) in [7, 11) is 0. The minimum absolute atomic E-state index is 0.157. The molecule has 0 aromatic rings. The number of hydrogen-bond donors (Lipinski definition) is 2. The van der Waals surface area contributed by atoms with E-state index in [0.717, 1.165) is 25.8 Å². The predicted octanol–water partition coefficient (Wildman–Crippen LogP) is 11.9. The third kappa shape index (κ3) is 43.1. The summed E-state index contributed by atoms with van der Waals surface area (Å²) in [6.07, 6.45) is 42.3. The van der Waals surface area contributed by atoms with E-state index in [0.29, 0.717) is 12.8 Å². The van der Waals surface area contributed by atoms with Crippen LogP contribution in [0.2, 0.25) is 0 Å². The van der Waals surface area contributed by atoms with Gasteiger partial charge in [0.2, 0.25) is 11.8 Å². The van der Waals surface area contributed by atoms with Crippen molar-refractivity contribution in [2.24, 2.45) is 5.73 Å². The second-order valence-electron chi connectivity index (χ2n) is 12.5. The number of nitrogens with two attached hydrogens (primary N) is 1. The summed E-state index contributed by atoms with van der Waals surface area (Å²) in [4.78, 5) is 22.2. The maximum atomic E-state index is 11.7. The lowest BCUT2D eigenvalue weighted by atomic mass is 10.1. The Bertz CT molecular complexity index is 561. The maximum Gasteiger partial charge on any atom is 0.219 e. The van der Waals surface area contributed by atoms with Crippen molar-refractivity contribution in [2.45, 2.75) is 213 Å². The van der Waals surface area contributed by atoms with Crippen LogP contribution in [-0.4, -0.2) is 18.4 Å². The van der Waals surface area contributed by atoms with Crippen LogP contribution in [-0.2, 0) is 9.59 Å². The minimum atomic E-state index is -0.157. The fourth-order valence-corrected chi connectivity index (χ4v) is 5.19. The summed E-state index contributed by atoms with van der Waals surface area (Å²) in [6.45, 7) is 7.61. The van der Waals surface area contributed by atoms with Gasteiger partial charge in [0.15, 0.2) is 0 Å². The first-order valence-corrected chi connectivity index (χ1v) is 18.8. The molecule has 4 nitrogen and oxygen atoms in total. The molecule has 0 fully saturated rings. The standard InChI is InChI=1S/C24H47NO.C14H29NO/c1-3-5-7-9-10-11-12-13-14-15-16-17-18-19-20-22-24(26)25-23-21-8-6-4-2;1-2-3-4-5-6-7-8-9-10-11-12-13-14(15)16/h13-14H,3-12,15-23H2,1-2H3,(H,25,26);2-13H2,1H3,(H2,15,16)/b14-13-;. The van der Waals surface area contributed by atoms with E-state index in [9.17, 15) is 9.59 Å². The van der Waals surface area contributed by atoms with Crippen molar-refractivity contribution in [3.8, 4) is 0 Å². The van der Waals surface area contributed by atoms with Gasteiger partial charge in [-0.15, -0.1) is 0 Å². The molecule has 0 aromatic heterocycles. The number of amides is 2. The summed E-state index contributed by atoms with van der Waals surface area (Å²) in [5, 5.41) is 3.04. The summed E-state index contributed by atoms with van der Waals surface area (Å²) in [5.74, 6) is 0.0926. The van der Waals surface area contributed by atoms with Gasteiger partial charge in [-0.05, 0) is 44.9 Å². The van der Waals surface area contributed by atoms with E-state index in [2.05, 4.69) is 38.2 Å². The van der Waals surface area contributed by atoms with Crippen molar-refractivity contribution in [1.29, 1.82) is 0 Å². The van der Waals surface area contributed by atoms with E-state index in [4.69, 9.17) is 5.73 Å². The third-order valence-electron chi connectivity index (χ3n) is 8.04. The largest absolute Gasteiger partial charge is 0.370 e. The number of primary amides is 1. The zero-order valence-electron chi connectivity index (χ0n) is 29.0. The first kappa shape index (κ1) is 42.8. The Morgan fingerprint density at radius 1 is 0.452 bits per heavy atom. The SMILES string of the molecule is CCCCCCCC/C=C\CCCCCCCC(=O)NCCCCCC.CCCCCCCCCCCCCC(N)=O. The van der Waals surface area contributed by atoms with E-state index in [1.54, 1.807) is 0 Å². The maximum absolute atomic E-state index is 11.7. The lowest BCUT2D eigenvalue weighted by Gasteiger charge is -2.05. The van der Waals surface area contributed by atoms with Crippen molar-refractivity contribution in [3.63, 3.8) is 0 Å². The average Bonchev–Trinajstić information content (AvgIpc) is 2.98. The highest BCUT2D eigenvalue weighted by Gasteiger charge is 2.00. The zero-order chi connectivity index (χ0) is 31.2. The Labute approximate surface area is 264 Å². The van der Waals surface area contributed by atoms with Crippen molar-refractivity contribution in [2.75, 3.05) is 6.54 Å². The van der Waals surface area contributed by atoms with Gasteiger partial charge in [0.25, 0.3) is 0 Å². The van der Waals surface area contributed by atoms with Crippen LogP contribution in [0.25, 0.3) is 0 Å². The van der Waals surface area contributed by atoms with Crippen molar-refractivity contribution in [3.05, 3.63) is 12.2 Å². The van der Waals surface area contributed by atoms with E-state index in [1.165, 1.54) is 161 Å². The van der Waals surface area contributed by atoms with Gasteiger partial charge in [-0.3, -0.25) is 9.59 Å². The number of carbonyl (C=O) groups excluding carboxylic acids is 2. The first-order valence-electron chi connectivity index (χ1n) is 18.8. The predicted molar refractivity (Wildman–Crippen MR) is 187 cm³/mol. The van der Waals surface area contributed by atoms with Gasteiger partial charge in [0.1, 0.15) is 0 Å². The number of nitrogens with one attached hydrogen (secondary N) is 1. The van der Waals surface area contributed by atoms with E-state index < -0.39 is 0 Å². The second kappa shape index (κ2) is 39.7. The van der Waals surface area contributed by atoms with Crippen LogP contribution in [0.3, 0.4) is 0 Å². The van der Waals surface area contributed by atoms with Gasteiger partial charge in [0, 0.05) is 19.4 Å². The fourth-order valence-electron chi connectivity index (χ4n) is 5.19. The summed E-state index contributed by atoms with van der Waals surface area (Å²) in [5.41, 5.74) is 5.07. The molecule has 0 aromatic carbocycles. The summed E-state index contributed by atoms with van der Waals surface area (Å²) >= 11 is 0. The normalized spacial score (nSPS) is 11.0. The number of allylic oxidation sites excluding steroid dienone is 2.